The van der Waals surface area contributed by atoms with Crippen LogP contribution in [0.2, 0.25) is 0 Å². The number of hydrogen-bond acceptors (Lipinski definition) is 5. The molecule has 0 unspecified atom stereocenters. The first-order valence-electron chi connectivity index (χ1n) is 8.08. The van der Waals surface area contributed by atoms with E-state index in [1.165, 1.54) is 0 Å². The van der Waals surface area contributed by atoms with Crippen molar-refractivity contribution in [2.75, 3.05) is 14.2 Å². The SMILES string of the molecule is COc1ccc(Sc2nc(-c3ccccc3)cc3nccn23)cc1OC. The zero-order valence-electron chi connectivity index (χ0n) is 14.4. The molecule has 0 spiro atoms. The lowest BCUT2D eigenvalue weighted by molar-refractivity contribution is 0.354. The molecule has 0 fully saturated rings. The molecule has 6 heteroatoms. The van der Waals surface area contributed by atoms with Crippen LogP contribution in [-0.2, 0) is 0 Å². The number of imidazole rings is 1. The molecule has 0 aliphatic carbocycles. The van der Waals surface area contributed by atoms with Gasteiger partial charge in [-0.3, -0.25) is 4.40 Å². The van der Waals surface area contributed by atoms with Gasteiger partial charge in [0.15, 0.2) is 16.7 Å². The Morgan fingerprint density at radius 2 is 1.73 bits per heavy atom. The van der Waals surface area contributed by atoms with Crippen LogP contribution in [-0.4, -0.2) is 28.6 Å². The van der Waals surface area contributed by atoms with Gasteiger partial charge in [-0.25, -0.2) is 9.97 Å². The van der Waals surface area contributed by atoms with Crippen molar-refractivity contribution in [2.24, 2.45) is 0 Å². The van der Waals surface area contributed by atoms with E-state index >= 15 is 0 Å². The average Bonchev–Trinajstić information content (AvgIpc) is 3.17. The van der Waals surface area contributed by atoms with Crippen LogP contribution in [0.3, 0.4) is 0 Å². The first-order valence-corrected chi connectivity index (χ1v) is 8.89. The van der Waals surface area contributed by atoms with Crippen LogP contribution in [0.1, 0.15) is 0 Å². The van der Waals surface area contributed by atoms with Crippen molar-refractivity contribution in [1.29, 1.82) is 0 Å². The molecule has 2 aromatic carbocycles. The molecule has 2 aromatic heterocycles. The number of benzene rings is 2. The van der Waals surface area contributed by atoms with Gasteiger partial charge in [-0.2, -0.15) is 0 Å². The molecule has 0 saturated carbocycles. The summed E-state index contributed by atoms with van der Waals surface area (Å²) in [6.45, 7) is 0. The van der Waals surface area contributed by atoms with E-state index < -0.39 is 0 Å². The lowest BCUT2D eigenvalue weighted by Gasteiger charge is -2.11. The number of nitrogens with zero attached hydrogens (tertiary/aromatic N) is 3. The maximum Gasteiger partial charge on any atom is 0.179 e. The van der Waals surface area contributed by atoms with Crippen molar-refractivity contribution >= 4 is 17.4 Å². The van der Waals surface area contributed by atoms with Gasteiger partial charge in [0.2, 0.25) is 0 Å². The molecule has 0 amide bonds. The molecule has 0 saturated heterocycles. The highest BCUT2D eigenvalue weighted by atomic mass is 32.2. The Labute approximate surface area is 155 Å². The van der Waals surface area contributed by atoms with Gasteiger partial charge in [0, 0.05) is 28.9 Å². The maximum absolute atomic E-state index is 5.40. The second-order valence-electron chi connectivity index (χ2n) is 5.56. The summed E-state index contributed by atoms with van der Waals surface area (Å²) in [4.78, 5) is 10.3. The number of ether oxygens (including phenoxy) is 2. The minimum Gasteiger partial charge on any atom is -0.493 e. The van der Waals surface area contributed by atoms with Gasteiger partial charge in [-0.15, -0.1) is 0 Å². The summed E-state index contributed by atoms with van der Waals surface area (Å²) in [5.41, 5.74) is 2.82. The van der Waals surface area contributed by atoms with Gasteiger partial charge in [0.05, 0.1) is 19.9 Å². The van der Waals surface area contributed by atoms with Crippen LogP contribution in [0.5, 0.6) is 11.5 Å². The summed E-state index contributed by atoms with van der Waals surface area (Å²) in [5.74, 6) is 1.40. The summed E-state index contributed by atoms with van der Waals surface area (Å²) < 4.78 is 12.7. The largest absolute Gasteiger partial charge is 0.493 e. The third-order valence-electron chi connectivity index (χ3n) is 3.99. The van der Waals surface area contributed by atoms with Gasteiger partial charge in [-0.1, -0.05) is 42.1 Å². The monoisotopic (exact) mass is 363 g/mol. The summed E-state index contributed by atoms with van der Waals surface area (Å²) >= 11 is 1.56. The first kappa shape index (κ1) is 16.5. The Hall–Kier alpha value is -2.99. The molecule has 4 rings (SSSR count). The van der Waals surface area contributed by atoms with E-state index in [-0.39, 0.29) is 0 Å². The molecule has 130 valence electrons. The molecule has 26 heavy (non-hydrogen) atoms. The van der Waals surface area contributed by atoms with E-state index in [9.17, 15) is 0 Å². The fourth-order valence-corrected chi connectivity index (χ4v) is 3.62. The van der Waals surface area contributed by atoms with E-state index in [2.05, 4.69) is 4.98 Å². The number of aromatic nitrogens is 3. The second kappa shape index (κ2) is 7.09. The molecular formula is C20H17N3O2S. The van der Waals surface area contributed by atoms with Crippen molar-refractivity contribution in [2.45, 2.75) is 10.1 Å². The summed E-state index contributed by atoms with van der Waals surface area (Å²) in [6.07, 6.45) is 3.70. The van der Waals surface area contributed by atoms with E-state index in [0.29, 0.717) is 11.5 Å². The molecule has 5 nitrogen and oxygen atoms in total. The zero-order chi connectivity index (χ0) is 17.9. The number of fused-ring (bicyclic) bond motifs is 1. The highest BCUT2D eigenvalue weighted by Gasteiger charge is 2.12. The van der Waals surface area contributed by atoms with Gasteiger partial charge in [-0.05, 0) is 18.2 Å². The Morgan fingerprint density at radius 3 is 2.50 bits per heavy atom. The zero-order valence-corrected chi connectivity index (χ0v) is 15.2. The third kappa shape index (κ3) is 3.11. The van der Waals surface area contributed by atoms with Crippen molar-refractivity contribution in [3.05, 3.63) is 67.0 Å². The number of methoxy groups -OCH3 is 2. The minimum absolute atomic E-state index is 0.693. The van der Waals surface area contributed by atoms with Crippen molar-refractivity contribution in [1.82, 2.24) is 14.4 Å². The Morgan fingerprint density at radius 1 is 0.923 bits per heavy atom. The molecule has 0 atom stereocenters. The Bertz CT molecular complexity index is 1050. The van der Waals surface area contributed by atoms with Gasteiger partial charge in [0.1, 0.15) is 5.65 Å². The number of rotatable bonds is 5. The standard InChI is InChI=1S/C20H17N3O2S/c1-24-17-9-8-15(12-18(17)25-2)26-20-22-16(14-6-4-3-5-7-14)13-19-21-10-11-23(19)20/h3-13H,1-2H3. The summed E-state index contributed by atoms with van der Waals surface area (Å²) in [5, 5.41) is 0.839. The van der Waals surface area contributed by atoms with E-state index in [1.807, 2.05) is 65.2 Å². The van der Waals surface area contributed by atoms with Crippen LogP contribution < -0.4 is 9.47 Å². The maximum atomic E-state index is 5.40. The molecule has 4 aromatic rings. The van der Waals surface area contributed by atoms with Crippen molar-refractivity contribution in [3.8, 4) is 22.8 Å². The molecule has 0 aliphatic heterocycles. The quantitative estimate of drug-likeness (QED) is 0.486. The van der Waals surface area contributed by atoms with Gasteiger partial charge >= 0.3 is 0 Å². The predicted octanol–water partition coefficient (Wildman–Crippen LogP) is 4.56. The lowest BCUT2D eigenvalue weighted by Crippen LogP contribution is -1.96. The lowest BCUT2D eigenvalue weighted by atomic mass is 10.1. The molecular weight excluding hydrogens is 346 g/mol. The topological polar surface area (TPSA) is 48.7 Å². The Kier molecular flexibility index (Phi) is 4.50. The number of hydrogen-bond donors (Lipinski definition) is 0. The van der Waals surface area contributed by atoms with Crippen LogP contribution in [0, 0.1) is 0 Å². The van der Waals surface area contributed by atoms with Crippen molar-refractivity contribution in [3.63, 3.8) is 0 Å². The fraction of sp³-hybridized carbons (Fsp3) is 0.100. The van der Waals surface area contributed by atoms with Gasteiger partial charge in [0.25, 0.3) is 0 Å². The van der Waals surface area contributed by atoms with Crippen LogP contribution in [0.25, 0.3) is 16.9 Å². The third-order valence-corrected chi connectivity index (χ3v) is 4.95. The highest BCUT2D eigenvalue weighted by molar-refractivity contribution is 7.99. The molecule has 0 bridgehead atoms. The van der Waals surface area contributed by atoms with E-state index in [1.54, 1.807) is 32.2 Å². The normalized spacial score (nSPS) is 10.8. The predicted molar refractivity (Wildman–Crippen MR) is 102 cm³/mol. The molecule has 0 radical (unpaired) electrons. The summed E-state index contributed by atoms with van der Waals surface area (Å²) in [6, 6.07) is 17.9. The van der Waals surface area contributed by atoms with E-state index in [0.717, 1.165) is 27.0 Å². The molecule has 0 N–H and O–H groups in total. The van der Waals surface area contributed by atoms with E-state index in [4.69, 9.17) is 14.5 Å². The fourth-order valence-electron chi connectivity index (χ4n) is 2.71. The highest BCUT2D eigenvalue weighted by Crippen LogP contribution is 2.35. The van der Waals surface area contributed by atoms with Crippen LogP contribution in [0.4, 0.5) is 0 Å². The molecule has 0 aliphatic rings. The van der Waals surface area contributed by atoms with Crippen LogP contribution in [0.15, 0.2) is 77.0 Å². The van der Waals surface area contributed by atoms with Crippen molar-refractivity contribution < 1.29 is 9.47 Å². The summed E-state index contributed by atoms with van der Waals surface area (Å²) in [7, 11) is 3.26. The molecule has 2 heterocycles. The van der Waals surface area contributed by atoms with Crippen LogP contribution >= 0.6 is 11.8 Å². The minimum atomic E-state index is 0.693. The smallest absolute Gasteiger partial charge is 0.179 e. The first-order chi connectivity index (χ1) is 12.8. The second-order valence-corrected chi connectivity index (χ2v) is 6.60. The Balaban J connectivity index is 1.77. The average molecular weight is 363 g/mol. The van der Waals surface area contributed by atoms with Gasteiger partial charge < -0.3 is 9.47 Å².